The topological polar surface area (TPSA) is 110 Å². The molecule has 2 N–H and O–H groups in total. The van der Waals surface area contributed by atoms with Gasteiger partial charge in [-0.05, 0) is 43.8 Å². The fourth-order valence-electron chi connectivity index (χ4n) is 7.07. The number of hydrogen-bond acceptors (Lipinski definition) is 7. The Bertz CT molecular complexity index is 978. The molecule has 0 aromatic heterocycles. The number of aliphatic hydroxyl groups is 2. The van der Waals surface area contributed by atoms with E-state index in [1.54, 1.807) is 13.0 Å². The van der Waals surface area contributed by atoms with Gasteiger partial charge in [0.05, 0.1) is 5.60 Å². The molecule has 0 amide bonds. The third kappa shape index (κ3) is 5.18. The van der Waals surface area contributed by atoms with E-state index in [0.29, 0.717) is 24.0 Å². The number of rotatable bonds is 9. The molecule has 0 radical (unpaired) electrons. The van der Waals surface area contributed by atoms with Gasteiger partial charge in [0.15, 0.2) is 5.78 Å². The molecule has 7 nitrogen and oxygen atoms in total. The number of Topliss-reactive ketones (excluding diaryl/α,β-unsaturated/α-hetero) is 1. The van der Waals surface area contributed by atoms with Crippen LogP contribution in [-0.4, -0.2) is 51.3 Å². The molecule has 0 aromatic rings. The van der Waals surface area contributed by atoms with Gasteiger partial charge in [0.1, 0.15) is 17.8 Å². The van der Waals surface area contributed by atoms with Gasteiger partial charge in [-0.25, -0.2) is 0 Å². The molecule has 0 aliphatic heterocycles. The molecule has 0 saturated heterocycles. The van der Waals surface area contributed by atoms with Crippen LogP contribution in [0, 0.1) is 23.2 Å². The Balaban J connectivity index is 1.96. The number of ether oxygens (including phenoxy) is 2. The van der Waals surface area contributed by atoms with Gasteiger partial charge in [-0.1, -0.05) is 65.5 Å². The first-order valence-corrected chi connectivity index (χ1v) is 13.9. The van der Waals surface area contributed by atoms with Crippen molar-refractivity contribution in [3.63, 3.8) is 0 Å². The maximum Gasteiger partial charge on any atom is 0.306 e. The summed E-state index contributed by atoms with van der Waals surface area (Å²) in [7, 11) is 0. The van der Waals surface area contributed by atoms with E-state index in [0.717, 1.165) is 32.1 Å². The highest BCUT2D eigenvalue weighted by atomic mass is 16.6. The van der Waals surface area contributed by atoms with Gasteiger partial charge in [-0.3, -0.25) is 14.4 Å². The van der Waals surface area contributed by atoms with Crippen molar-refractivity contribution in [2.75, 3.05) is 6.61 Å². The number of unbranched alkanes of at least 4 members (excludes halogenated alkanes) is 4. The average Bonchev–Trinajstić information content (AvgIpc) is 2.96. The van der Waals surface area contributed by atoms with Crippen molar-refractivity contribution in [2.24, 2.45) is 23.2 Å². The Morgan fingerprint density at radius 2 is 1.70 bits per heavy atom. The van der Waals surface area contributed by atoms with Crippen molar-refractivity contribution < 1.29 is 34.1 Å². The number of carbonyl (C=O) groups excluding carboxylic acids is 3. The maximum absolute atomic E-state index is 13.2. The first-order chi connectivity index (χ1) is 17.1. The van der Waals surface area contributed by atoms with Crippen LogP contribution in [0.3, 0.4) is 0 Å². The van der Waals surface area contributed by atoms with Crippen molar-refractivity contribution in [3.8, 4) is 0 Å². The Hall–Kier alpha value is -1.99. The van der Waals surface area contributed by atoms with Crippen LogP contribution in [0.25, 0.3) is 0 Å². The second-order valence-electron chi connectivity index (χ2n) is 12.4. The van der Waals surface area contributed by atoms with E-state index in [1.165, 1.54) is 6.92 Å². The largest absolute Gasteiger partial charge is 0.461 e. The van der Waals surface area contributed by atoms with E-state index >= 15 is 0 Å². The SMILES string of the molecule is CCCCCCCC(=O)OCC1=C[C@H]2C(C)(C)[C@](C)(OC(C)=O)C[C@@H](C)[C@]2(O)[C@@H]2C=C(C)C(=O)[C@@]2(O)C1. The lowest BCUT2D eigenvalue weighted by Gasteiger charge is -2.61. The van der Waals surface area contributed by atoms with Crippen LogP contribution < -0.4 is 0 Å². The minimum Gasteiger partial charge on any atom is -0.461 e. The summed E-state index contributed by atoms with van der Waals surface area (Å²) in [6, 6.07) is 0. The number of carbonyl (C=O) groups is 3. The second kappa shape index (κ2) is 10.6. The van der Waals surface area contributed by atoms with Gasteiger partial charge in [0.2, 0.25) is 0 Å². The summed E-state index contributed by atoms with van der Waals surface area (Å²) in [5, 5.41) is 24.3. The van der Waals surface area contributed by atoms with Crippen LogP contribution >= 0.6 is 0 Å². The molecule has 3 aliphatic carbocycles. The molecular formula is C30H46O7. The number of ketones is 1. The van der Waals surface area contributed by atoms with E-state index in [2.05, 4.69) is 6.92 Å². The molecule has 1 fully saturated rings. The molecule has 0 unspecified atom stereocenters. The fourth-order valence-corrected chi connectivity index (χ4v) is 7.07. The molecular weight excluding hydrogens is 472 g/mol. The van der Waals surface area contributed by atoms with Crippen LogP contribution in [0.5, 0.6) is 0 Å². The molecule has 208 valence electrons. The van der Waals surface area contributed by atoms with Crippen LogP contribution in [0.1, 0.15) is 99.8 Å². The minimum absolute atomic E-state index is 0.0278. The zero-order valence-corrected chi connectivity index (χ0v) is 23.7. The summed E-state index contributed by atoms with van der Waals surface area (Å²) in [4.78, 5) is 37.8. The van der Waals surface area contributed by atoms with E-state index in [-0.39, 0.29) is 19.0 Å². The van der Waals surface area contributed by atoms with E-state index in [1.807, 2.05) is 33.8 Å². The summed E-state index contributed by atoms with van der Waals surface area (Å²) >= 11 is 0. The van der Waals surface area contributed by atoms with Crippen molar-refractivity contribution in [1.82, 2.24) is 0 Å². The average molecular weight is 519 g/mol. The lowest BCUT2D eigenvalue weighted by atomic mass is 9.48. The summed E-state index contributed by atoms with van der Waals surface area (Å²) in [6.07, 6.45) is 9.35. The highest BCUT2D eigenvalue weighted by Crippen LogP contribution is 2.63. The monoisotopic (exact) mass is 518 g/mol. The number of fused-ring (bicyclic) bond motifs is 3. The van der Waals surface area contributed by atoms with Crippen molar-refractivity contribution in [2.45, 2.75) is 117 Å². The van der Waals surface area contributed by atoms with Gasteiger partial charge in [-0.2, -0.15) is 0 Å². The lowest BCUT2D eigenvalue weighted by molar-refractivity contribution is -0.244. The van der Waals surface area contributed by atoms with Gasteiger partial charge < -0.3 is 19.7 Å². The van der Waals surface area contributed by atoms with Gasteiger partial charge in [0, 0.05) is 37.0 Å². The molecule has 3 aliphatic rings. The Kier molecular flexibility index (Phi) is 8.50. The van der Waals surface area contributed by atoms with Crippen LogP contribution in [-0.2, 0) is 23.9 Å². The molecule has 0 heterocycles. The zero-order chi connectivity index (χ0) is 27.8. The zero-order valence-electron chi connectivity index (χ0n) is 23.7. The van der Waals surface area contributed by atoms with E-state index < -0.39 is 51.7 Å². The normalized spacial score (nSPS) is 36.6. The summed E-state index contributed by atoms with van der Waals surface area (Å²) in [5.74, 6) is -2.93. The number of esters is 2. The molecule has 0 spiro atoms. The van der Waals surface area contributed by atoms with Crippen LogP contribution in [0.4, 0.5) is 0 Å². The highest BCUT2D eigenvalue weighted by molar-refractivity contribution is 6.04. The molecule has 0 aromatic carbocycles. The Morgan fingerprint density at radius 1 is 1.05 bits per heavy atom. The third-order valence-corrected chi connectivity index (χ3v) is 9.48. The van der Waals surface area contributed by atoms with Gasteiger partial charge >= 0.3 is 11.9 Å². The van der Waals surface area contributed by atoms with Gasteiger partial charge in [-0.15, -0.1) is 0 Å². The summed E-state index contributed by atoms with van der Waals surface area (Å²) in [6.45, 7) is 12.8. The molecule has 0 bridgehead atoms. The Labute approximate surface area is 221 Å². The summed E-state index contributed by atoms with van der Waals surface area (Å²) < 4.78 is 11.5. The Morgan fingerprint density at radius 3 is 2.32 bits per heavy atom. The van der Waals surface area contributed by atoms with Crippen molar-refractivity contribution in [3.05, 3.63) is 23.3 Å². The second-order valence-corrected chi connectivity index (χ2v) is 12.4. The summed E-state index contributed by atoms with van der Waals surface area (Å²) in [5.41, 5.74) is -3.94. The maximum atomic E-state index is 13.2. The van der Waals surface area contributed by atoms with E-state index in [9.17, 15) is 24.6 Å². The standard InChI is InChI=1S/C30H46O7/c1-8-9-10-11-12-13-25(32)36-18-22-15-23-27(5,6)28(7,37-21(4)31)16-20(3)30(23,35)24-14-19(2)26(33)29(24,34)17-22/h14-15,20,23-24,34-35H,8-13,16-18H2,1-7H3/t20-,23+,24-,28-,29-,30-/m1/s1. The minimum atomic E-state index is -1.83. The first-order valence-electron chi connectivity index (χ1n) is 13.9. The van der Waals surface area contributed by atoms with Crippen molar-refractivity contribution >= 4 is 17.7 Å². The van der Waals surface area contributed by atoms with Crippen LogP contribution in [0.2, 0.25) is 0 Å². The lowest BCUT2D eigenvalue weighted by Crippen LogP contribution is -2.68. The molecule has 6 atom stereocenters. The molecule has 3 rings (SSSR count). The quantitative estimate of drug-likeness (QED) is 0.255. The first kappa shape index (κ1) is 29.6. The highest BCUT2D eigenvalue weighted by Gasteiger charge is 2.69. The van der Waals surface area contributed by atoms with E-state index in [4.69, 9.17) is 9.47 Å². The van der Waals surface area contributed by atoms with Crippen LogP contribution in [0.15, 0.2) is 23.3 Å². The predicted molar refractivity (Wildman–Crippen MR) is 140 cm³/mol. The fraction of sp³-hybridized carbons (Fsp3) is 0.767. The predicted octanol–water partition coefficient (Wildman–Crippen LogP) is 4.83. The third-order valence-electron chi connectivity index (χ3n) is 9.48. The smallest absolute Gasteiger partial charge is 0.306 e. The number of hydrogen-bond donors (Lipinski definition) is 2. The molecule has 7 heteroatoms. The molecule has 37 heavy (non-hydrogen) atoms. The molecule has 1 saturated carbocycles. The van der Waals surface area contributed by atoms with Crippen molar-refractivity contribution in [1.29, 1.82) is 0 Å². The van der Waals surface area contributed by atoms with Gasteiger partial charge in [0.25, 0.3) is 0 Å².